The Labute approximate surface area is 167 Å². The molecule has 5 aliphatic rings. The van der Waals surface area contributed by atoms with Crippen LogP contribution in [0.25, 0.3) is 0 Å². The Balaban J connectivity index is 1.37. The molecule has 1 amide bonds. The van der Waals surface area contributed by atoms with E-state index in [1.807, 2.05) is 0 Å². The molecular formula is C21H24BrNO4. The van der Waals surface area contributed by atoms with E-state index in [1.54, 1.807) is 12.1 Å². The van der Waals surface area contributed by atoms with Crippen molar-refractivity contribution in [1.29, 1.82) is 0 Å². The second-order valence-electron chi connectivity index (χ2n) is 9.14. The van der Waals surface area contributed by atoms with Crippen molar-refractivity contribution in [1.82, 2.24) is 0 Å². The lowest BCUT2D eigenvalue weighted by Crippen LogP contribution is -2.53. The third kappa shape index (κ3) is 3.06. The maximum atomic E-state index is 13.0. The van der Waals surface area contributed by atoms with Crippen LogP contribution in [0.1, 0.15) is 62.2 Å². The number of hydrogen-bond donors (Lipinski definition) is 1. The molecule has 1 aromatic carbocycles. The van der Waals surface area contributed by atoms with Crippen molar-refractivity contribution in [2.24, 2.45) is 17.3 Å². The Morgan fingerprint density at radius 3 is 2.44 bits per heavy atom. The smallest absolute Gasteiger partial charge is 0.231 e. The van der Waals surface area contributed by atoms with Crippen LogP contribution in [0.15, 0.2) is 12.1 Å². The zero-order valence-corrected chi connectivity index (χ0v) is 17.1. The van der Waals surface area contributed by atoms with Crippen molar-refractivity contribution in [3.8, 4) is 11.5 Å². The zero-order chi connectivity index (χ0) is 18.8. The Hall–Kier alpha value is -1.56. The van der Waals surface area contributed by atoms with E-state index < -0.39 is 0 Å². The van der Waals surface area contributed by atoms with Gasteiger partial charge in [0.15, 0.2) is 17.3 Å². The lowest BCUT2D eigenvalue weighted by Gasteiger charge is -2.60. The molecule has 1 N–H and O–H groups in total. The van der Waals surface area contributed by atoms with E-state index in [0.29, 0.717) is 29.2 Å². The van der Waals surface area contributed by atoms with E-state index in [1.165, 1.54) is 26.2 Å². The highest BCUT2D eigenvalue weighted by Crippen LogP contribution is 2.65. The van der Waals surface area contributed by atoms with E-state index in [0.717, 1.165) is 31.1 Å². The minimum absolute atomic E-state index is 0.00517. The Kier molecular flexibility index (Phi) is 3.87. The van der Waals surface area contributed by atoms with Gasteiger partial charge in [-0.25, -0.2) is 0 Å². The van der Waals surface area contributed by atoms with Crippen molar-refractivity contribution in [2.75, 3.05) is 12.1 Å². The summed E-state index contributed by atoms with van der Waals surface area (Å²) in [4.78, 5) is 25.0. The van der Waals surface area contributed by atoms with Crippen LogP contribution in [0.4, 0.5) is 5.69 Å². The first kappa shape index (κ1) is 17.5. The number of carbonyl (C=O) groups is 2. The molecule has 0 radical (unpaired) electrons. The van der Waals surface area contributed by atoms with Crippen molar-refractivity contribution in [2.45, 2.75) is 56.2 Å². The zero-order valence-electron chi connectivity index (χ0n) is 15.5. The van der Waals surface area contributed by atoms with E-state index in [9.17, 15) is 9.59 Å². The number of anilines is 1. The van der Waals surface area contributed by atoms with Crippen LogP contribution in [0.5, 0.6) is 11.5 Å². The number of amides is 1. The number of fused-ring (bicyclic) bond motifs is 1. The number of rotatable bonds is 4. The molecule has 6 heteroatoms. The number of ketones is 1. The van der Waals surface area contributed by atoms with Gasteiger partial charge in [0.1, 0.15) is 0 Å². The fourth-order valence-electron chi connectivity index (χ4n) is 6.41. The Morgan fingerprint density at radius 1 is 1.15 bits per heavy atom. The average Bonchev–Trinajstić information content (AvgIpc) is 2.98. The van der Waals surface area contributed by atoms with Crippen LogP contribution in [0.3, 0.4) is 0 Å². The highest BCUT2D eigenvalue weighted by atomic mass is 79.9. The first-order valence-electron chi connectivity index (χ1n) is 9.77. The van der Waals surface area contributed by atoms with Crippen molar-refractivity contribution >= 4 is 33.3 Å². The van der Waals surface area contributed by atoms with Crippen molar-refractivity contribution in [3.05, 3.63) is 17.7 Å². The van der Waals surface area contributed by atoms with E-state index in [-0.39, 0.29) is 28.2 Å². The summed E-state index contributed by atoms with van der Waals surface area (Å²) in [5.74, 6) is 2.52. The van der Waals surface area contributed by atoms with E-state index in [4.69, 9.17) is 9.47 Å². The highest BCUT2D eigenvalue weighted by Gasteiger charge is 2.57. The van der Waals surface area contributed by atoms with Gasteiger partial charge in [0.25, 0.3) is 0 Å². The minimum Gasteiger partial charge on any atom is -0.454 e. The van der Waals surface area contributed by atoms with Crippen LogP contribution >= 0.6 is 15.9 Å². The third-order valence-electron chi connectivity index (χ3n) is 6.81. The van der Waals surface area contributed by atoms with Gasteiger partial charge in [0.05, 0.1) is 5.69 Å². The summed E-state index contributed by atoms with van der Waals surface area (Å²) in [6.45, 7) is 1.64. The molecule has 6 rings (SSSR count). The van der Waals surface area contributed by atoms with Crippen LogP contribution in [0.2, 0.25) is 0 Å². The molecule has 0 spiro atoms. The molecule has 4 fully saturated rings. The van der Waals surface area contributed by atoms with Crippen molar-refractivity contribution < 1.29 is 19.1 Å². The molecule has 4 atom stereocenters. The normalized spacial score (nSPS) is 35.3. The molecule has 5 nitrogen and oxygen atoms in total. The molecule has 27 heavy (non-hydrogen) atoms. The van der Waals surface area contributed by atoms with Gasteiger partial charge in [-0.3, -0.25) is 9.59 Å². The van der Waals surface area contributed by atoms with Crippen LogP contribution < -0.4 is 14.8 Å². The standard InChI is InChI=1S/C21H24BrNO4/c1-12(24)15-3-17-18(27-11-26-17)4-16(15)23-19(25)9-20-5-13-2-14(6-20)8-21(22,7-13)10-20/h3-4,13-14H,2,5-11H2,1H3,(H,23,25)/t13-,14+,20?,21?. The van der Waals surface area contributed by atoms with Crippen LogP contribution in [-0.4, -0.2) is 22.8 Å². The molecule has 2 unspecified atom stereocenters. The van der Waals surface area contributed by atoms with Gasteiger partial charge in [-0.05, 0) is 68.8 Å². The maximum Gasteiger partial charge on any atom is 0.231 e. The first-order valence-corrected chi connectivity index (χ1v) is 10.6. The fourth-order valence-corrected chi connectivity index (χ4v) is 7.92. The van der Waals surface area contributed by atoms with Crippen LogP contribution in [-0.2, 0) is 4.79 Å². The monoisotopic (exact) mass is 433 g/mol. The highest BCUT2D eigenvalue weighted by molar-refractivity contribution is 9.10. The second kappa shape index (κ2) is 5.97. The average molecular weight is 434 g/mol. The van der Waals surface area contributed by atoms with Gasteiger partial charge in [-0.2, -0.15) is 0 Å². The maximum absolute atomic E-state index is 13.0. The number of ether oxygens (including phenoxy) is 2. The number of benzene rings is 1. The molecule has 0 saturated heterocycles. The van der Waals surface area contributed by atoms with Crippen molar-refractivity contribution in [3.63, 3.8) is 0 Å². The van der Waals surface area contributed by atoms with Gasteiger partial charge in [0, 0.05) is 22.4 Å². The van der Waals surface area contributed by atoms with Gasteiger partial charge in [0.2, 0.25) is 12.7 Å². The number of alkyl halides is 1. The predicted molar refractivity (Wildman–Crippen MR) is 105 cm³/mol. The van der Waals surface area contributed by atoms with Gasteiger partial charge < -0.3 is 14.8 Å². The molecule has 1 heterocycles. The molecule has 1 aliphatic heterocycles. The number of halogens is 1. The summed E-state index contributed by atoms with van der Waals surface area (Å²) in [6, 6.07) is 3.38. The Bertz CT molecular complexity index is 822. The molecule has 1 aromatic rings. The quantitative estimate of drug-likeness (QED) is 0.552. The molecule has 144 valence electrons. The molecule has 4 saturated carbocycles. The molecule has 4 bridgehead atoms. The number of Topliss-reactive ketones (excluding diaryl/α,β-unsaturated/α-hetero) is 1. The summed E-state index contributed by atoms with van der Waals surface area (Å²) >= 11 is 4.01. The minimum atomic E-state index is -0.0992. The van der Waals surface area contributed by atoms with E-state index in [2.05, 4.69) is 21.2 Å². The SMILES string of the molecule is CC(=O)c1cc2c(cc1NC(=O)CC13C[C@@H]4C[C@@H](CC(Br)(C4)C1)C3)OCO2. The first-order chi connectivity index (χ1) is 12.8. The molecule has 4 aliphatic carbocycles. The predicted octanol–water partition coefficient (Wildman–Crippen LogP) is 4.68. The Morgan fingerprint density at radius 2 is 1.81 bits per heavy atom. The van der Waals surface area contributed by atoms with E-state index >= 15 is 0 Å². The summed E-state index contributed by atoms with van der Waals surface area (Å²) in [6.07, 6.45) is 7.76. The second-order valence-corrected chi connectivity index (χ2v) is 10.8. The number of nitrogens with one attached hydrogen (secondary N) is 1. The summed E-state index contributed by atoms with van der Waals surface area (Å²) < 4.78 is 11.0. The molecular weight excluding hydrogens is 410 g/mol. The topological polar surface area (TPSA) is 64.6 Å². The number of hydrogen-bond acceptors (Lipinski definition) is 4. The lowest BCUT2D eigenvalue weighted by molar-refractivity contribution is -0.123. The van der Waals surface area contributed by atoms with Crippen LogP contribution in [0, 0.1) is 17.3 Å². The fraction of sp³-hybridized carbons (Fsp3) is 0.619. The summed E-state index contributed by atoms with van der Waals surface area (Å²) in [7, 11) is 0. The molecule has 0 aromatic heterocycles. The number of carbonyl (C=O) groups excluding carboxylic acids is 2. The summed E-state index contributed by atoms with van der Waals surface area (Å²) in [5.41, 5.74) is 1.09. The largest absolute Gasteiger partial charge is 0.454 e. The summed E-state index contributed by atoms with van der Waals surface area (Å²) in [5, 5.41) is 3.00. The third-order valence-corrected chi connectivity index (χ3v) is 7.74. The van der Waals surface area contributed by atoms with Gasteiger partial charge in [-0.1, -0.05) is 15.9 Å². The van der Waals surface area contributed by atoms with Gasteiger partial charge >= 0.3 is 0 Å². The lowest BCUT2D eigenvalue weighted by atomic mass is 9.48. The van der Waals surface area contributed by atoms with Gasteiger partial charge in [-0.15, -0.1) is 0 Å².